The fourth-order valence-electron chi connectivity index (χ4n) is 1.79. The molecule has 0 spiro atoms. The van der Waals surface area contributed by atoms with Crippen LogP contribution in [0.4, 0.5) is 16.5 Å². The Balaban J connectivity index is 1.95. The van der Waals surface area contributed by atoms with Crippen molar-refractivity contribution >= 4 is 33.9 Å². The van der Waals surface area contributed by atoms with Gasteiger partial charge in [-0.2, -0.15) is 0 Å². The molecule has 0 atom stereocenters. The summed E-state index contributed by atoms with van der Waals surface area (Å²) >= 11 is 1.23. The monoisotopic (exact) mass is 247 g/mol. The van der Waals surface area contributed by atoms with E-state index in [2.05, 4.69) is 20.1 Å². The van der Waals surface area contributed by atoms with Crippen LogP contribution in [0.5, 0.6) is 0 Å². The Morgan fingerprint density at radius 1 is 1.47 bits per heavy atom. The third-order valence-corrected chi connectivity index (χ3v) is 3.35. The summed E-state index contributed by atoms with van der Waals surface area (Å²) in [6.07, 6.45) is 0.436. The lowest BCUT2D eigenvalue weighted by Crippen LogP contribution is -2.09. The molecule has 1 aliphatic rings. The third kappa shape index (κ3) is 1.74. The maximum absolute atomic E-state index is 11.3. The molecule has 0 bridgehead atoms. The van der Waals surface area contributed by atoms with Crippen molar-refractivity contribution in [3.05, 3.63) is 23.8 Å². The average Bonchev–Trinajstić information content (AvgIpc) is 2.94. The van der Waals surface area contributed by atoms with E-state index >= 15 is 0 Å². The van der Waals surface area contributed by atoms with Crippen molar-refractivity contribution in [1.29, 1.82) is 0 Å². The number of anilines is 3. The molecule has 0 saturated carbocycles. The molecule has 2 heterocycles. The van der Waals surface area contributed by atoms with Crippen LogP contribution in [-0.2, 0) is 11.2 Å². The minimum atomic E-state index is 0.0392. The minimum absolute atomic E-state index is 0.0392. The molecule has 7 heteroatoms. The fraction of sp³-hybridized carbons (Fsp3) is 0.200. The van der Waals surface area contributed by atoms with E-state index in [9.17, 15) is 4.79 Å². The topological polar surface area (TPSA) is 71.0 Å². The van der Waals surface area contributed by atoms with Gasteiger partial charge in [0.1, 0.15) is 0 Å². The molecule has 1 N–H and O–H groups in total. The summed E-state index contributed by atoms with van der Waals surface area (Å²) in [5.41, 5.74) is 2.87. The molecular formula is C10H9N5OS. The second kappa shape index (κ2) is 3.77. The molecule has 1 aromatic carbocycles. The molecule has 1 aromatic heterocycles. The zero-order valence-electron chi connectivity index (χ0n) is 9.04. The van der Waals surface area contributed by atoms with E-state index in [0.29, 0.717) is 6.42 Å². The number of hydrogen-bond acceptors (Lipinski definition) is 6. The molecule has 86 valence electrons. The van der Waals surface area contributed by atoms with Gasteiger partial charge in [0.05, 0.1) is 6.42 Å². The van der Waals surface area contributed by atoms with Gasteiger partial charge in [0.15, 0.2) is 0 Å². The van der Waals surface area contributed by atoms with E-state index < -0.39 is 0 Å². The molecule has 6 nitrogen and oxygen atoms in total. The maximum Gasteiger partial charge on any atom is 0.232 e. The molecule has 0 aliphatic carbocycles. The Hall–Kier alpha value is -2.02. The van der Waals surface area contributed by atoms with Crippen LogP contribution in [0.2, 0.25) is 0 Å². The van der Waals surface area contributed by atoms with Crippen molar-refractivity contribution < 1.29 is 4.79 Å². The van der Waals surface area contributed by atoms with Crippen molar-refractivity contribution in [2.45, 2.75) is 6.42 Å². The molecule has 17 heavy (non-hydrogen) atoms. The van der Waals surface area contributed by atoms with Crippen LogP contribution in [0.3, 0.4) is 0 Å². The lowest BCUT2D eigenvalue weighted by atomic mass is 10.1. The Kier molecular flexibility index (Phi) is 2.25. The SMILES string of the molecule is CN(c1ccc2c(c1)CC(=O)N2)c1nnns1. The normalized spacial score (nSPS) is 13.4. The van der Waals surface area contributed by atoms with Gasteiger partial charge >= 0.3 is 0 Å². The van der Waals surface area contributed by atoms with Crippen LogP contribution in [0, 0.1) is 0 Å². The molecule has 2 aromatic rings. The van der Waals surface area contributed by atoms with Crippen LogP contribution in [0.25, 0.3) is 0 Å². The molecule has 1 amide bonds. The van der Waals surface area contributed by atoms with E-state index in [4.69, 9.17) is 0 Å². The van der Waals surface area contributed by atoms with Gasteiger partial charge in [-0.15, -0.1) is 0 Å². The van der Waals surface area contributed by atoms with Gasteiger partial charge in [-0.25, -0.2) is 0 Å². The summed E-state index contributed by atoms with van der Waals surface area (Å²) in [5.74, 6) is 0.0392. The first-order chi connectivity index (χ1) is 8.24. The minimum Gasteiger partial charge on any atom is -0.326 e. The van der Waals surface area contributed by atoms with E-state index in [1.54, 1.807) is 0 Å². The Bertz CT molecular complexity index is 568. The Labute approximate surface area is 101 Å². The molecule has 0 radical (unpaired) electrons. The van der Waals surface area contributed by atoms with Gasteiger partial charge < -0.3 is 10.2 Å². The number of carbonyl (C=O) groups excluding carboxylic acids is 1. The smallest absolute Gasteiger partial charge is 0.232 e. The number of amides is 1. The van der Waals surface area contributed by atoms with Crippen LogP contribution in [0.1, 0.15) is 5.56 Å². The van der Waals surface area contributed by atoms with E-state index in [1.165, 1.54) is 11.5 Å². The van der Waals surface area contributed by atoms with Crippen LogP contribution < -0.4 is 10.2 Å². The average molecular weight is 247 g/mol. The number of nitrogens with zero attached hydrogens (tertiary/aromatic N) is 4. The van der Waals surface area contributed by atoms with Crippen LogP contribution >= 0.6 is 11.5 Å². The molecule has 0 unspecified atom stereocenters. The highest BCUT2D eigenvalue weighted by atomic mass is 32.1. The van der Waals surface area contributed by atoms with Gasteiger partial charge in [0.2, 0.25) is 11.0 Å². The molecular weight excluding hydrogens is 238 g/mol. The van der Waals surface area contributed by atoms with Gasteiger partial charge in [-0.05, 0) is 29.0 Å². The molecule has 0 saturated heterocycles. The number of carbonyl (C=O) groups is 1. The lowest BCUT2D eigenvalue weighted by Gasteiger charge is -2.15. The highest BCUT2D eigenvalue weighted by Gasteiger charge is 2.19. The number of fused-ring (bicyclic) bond motifs is 1. The summed E-state index contributed by atoms with van der Waals surface area (Å²) in [6.45, 7) is 0. The van der Waals surface area contributed by atoms with Crippen molar-refractivity contribution in [2.75, 3.05) is 17.3 Å². The number of hydrogen-bond donors (Lipinski definition) is 1. The first-order valence-electron chi connectivity index (χ1n) is 5.05. The van der Waals surface area contributed by atoms with E-state index in [1.807, 2.05) is 30.1 Å². The number of aromatic nitrogens is 3. The van der Waals surface area contributed by atoms with Crippen molar-refractivity contribution in [3.63, 3.8) is 0 Å². The molecule has 0 fully saturated rings. The number of nitrogens with one attached hydrogen (secondary N) is 1. The zero-order chi connectivity index (χ0) is 11.8. The van der Waals surface area contributed by atoms with E-state index in [-0.39, 0.29) is 5.91 Å². The predicted octanol–water partition coefficient (Wildman–Crippen LogP) is 1.20. The first-order valence-corrected chi connectivity index (χ1v) is 5.83. The largest absolute Gasteiger partial charge is 0.326 e. The molecule has 1 aliphatic heterocycles. The second-order valence-electron chi connectivity index (χ2n) is 3.77. The van der Waals surface area contributed by atoms with E-state index in [0.717, 1.165) is 22.1 Å². The van der Waals surface area contributed by atoms with Crippen LogP contribution in [0.15, 0.2) is 18.2 Å². The lowest BCUT2D eigenvalue weighted by molar-refractivity contribution is -0.115. The van der Waals surface area contributed by atoms with Crippen molar-refractivity contribution in [3.8, 4) is 0 Å². The highest BCUT2D eigenvalue weighted by Crippen LogP contribution is 2.30. The highest BCUT2D eigenvalue weighted by molar-refractivity contribution is 7.09. The van der Waals surface area contributed by atoms with Crippen LogP contribution in [-0.4, -0.2) is 27.8 Å². The zero-order valence-corrected chi connectivity index (χ0v) is 9.86. The third-order valence-electron chi connectivity index (χ3n) is 2.68. The summed E-state index contributed by atoms with van der Waals surface area (Å²) in [7, 11) is 1.90. The Morgan fingerprint density at radius 3 is 3.12 bits per heavy atom. The van der Waals surface area contributed by atoms with Gasteiger partial charge in [0, 0.05) is 30.0 Å². The summed E-state index contributed by atoms with van der Waals surface area (Å²) in [4.78, 5) is 13.2. The summed E-state index contributed by atoms with van der Waals surface area (Å²) in [5, 5.41) is 11.0. The quantitative estimate of drug-likeness (QED) is 0.863. The fourth-order valence-corrected chi connectivity index (χ4v) is 2.24. The first kappa shape index (κ1) is 10.2. The molecule has 3 rings (SSSR count). The van der Waals surface area contributed by atoms with Gasteiger partial charge in [-0.3, -0.25) is 4.79 Å². The number of benzene rings is 1. The van der Waals surface area contributed by atoms with Gasteiger partial charge in [0.25, 0.3) is 0 Å². The van der Waals surface area contributed by atoms with Crippen molar-refractivity contribution in [2.24, 2.45) is 0 Å². The predicted molar refractivity (Wildman–Crippen MR) is 64.5 cm³/mol. The standard InChI is InChI=1S/C10H9N5OS/c1-15(10-12-13-14-17-10)7-2-3-8-6(4-7)5-9(16)11-8/h2-4H,5H2,1H3,(H,11,16). The number of rotatable bonds is 2. The second-order valence-corrected chi connectivity index (χ2v) is 4.48. The Morgan fingerprint density at radius 2 is 2.35 bits per heavy atom. The summed E-state index contributed by atoms with van der Waals surface area (Å²) < 4.78 is 3.73. The van der Waals surface area contributed by atoms with Crippen molar-refractivity contribution in [1.82, 2.24) is 14.8 Å². The van der Waals surface area contributed by atoms with Gasteiger partial charge in [-0.1, -0.05) is 9.59 Å². The maximum atomic E-state index is 11.3. The summed E-state index contributed by atoms with van der Waals surface area (Å²) in [6, 6.07) is 5.82.